The van der Waals surface area contributed by atoms with Gasteiger partial charge in [-0.1, -0.05) is 12.1 Å². The molecule has 1 aliphatic heterocycles. The van der Waals surface area contributed by atoms with Crippen molar-refractivity contribution in [1.29, 1.82) is 0 Å². The molecule has 3 rings (SSSR count). The highest BCUT2D eigenvalue weighted by molar-refractivity contribution is 5.73. The molecule has 3 N–H and O–H groups in total. The van der Waals surface area contributed by atoms with E-state index in [2.05, 4.69) is 34.5 Å². The Morgan fingerprint density at radius 3 is 2.26 bits per heavy atom. The minimum atomic E-state index is 0.770. The smallest absolute Gasteiger partial charge is 0.0617 e. The molecule has 1 saturated heterocycles. The van der Waals surface area contributed by atoms with Crippen LogP contribution in [0.1, 0.15) is 12.8 Å². The van der Waals surface area contributed by atoms with Crippen LogP contribution in [0.4, 0.5) is 22.7 Å². The molecule has 0 aliphatic carbocycles. The minimum absolute atomic E-state index is 0.770. The Morgan fingerprint density at radius 1 is 0.895 bits per heavy atom. The summed E-state index contributed by atoms with van der Waals surface area (Å²) in [4.78, 5) is 2.43. The zero-order valence-corrected chi connectivity index (χ0v) is 11.0. The maximum atomic E-state index is 5.93. The quantitative estimate of drug-likeness (QED) is 0.821. The van der Waals surface area contributed by atoms with Crippen molar-refractivity contribution in [3.63, 3.8) is 0 Å². The Balaban J connectivity index is 1.74. The first kappa shape index (κ1) is 11.9. The number of nitrogens with two attached hydrogens (primary N) is 1. The van der Waals surface area contributed by atoms with Crippen LogP contribution in [0.3, 0.4) is 0 Å². The fourth-order valence-corrected chi connectivity index (χ4v) is 2.50. The summed E-state index contributed by atoms with van der Waals surface area (Å²) in [6.07, 6.45) is 2.61. The lowest BCUT2D eigenvalue weighted by Gasteiger charge is -2.18. The summed E-state index contributed by atoms with van der Waals surface area (Å²) in [6, 6.07) is 16.4. The topological polar surface area (TPSA) is 41.3 Å². The third-order valence-corrected chi connectivity index (χ3v) is 3.58. The van der Waals surface area contributed by atoms with Gasteiger partial charge in [0.15, 0.2) is 0 Å². The highest BCUT2D eigenvalue weighted by Gasteiger charge is 2.11. The van der Waals surface area contributed by atoms with Gasteiger partial charge in [0.25, 0.3) is 0 Å². The molecule has 0 spiro atoms. The number of hydrogen-bond acceptors (Lipinski definition) is 3. The van der Waals surface area contributed by atoms with Crippen LogP contribution in [0.2, 0.25) is 0 Å². The van der Waals surface area contributed by atoms with Crippen LogP contribution in [0, 0.1) is 0 Å². The lowest BCUT2D eigenvalue weighted by atomic mass is 10.2. The third-order valence-electron chi connectivity index (χ3n) is 3.58. The zero-order chi connectivity index (χ0) is 13.1. The molecule has 3 nitrogen and oxygen atoms in total. The van der Waals surface area contributed by atoms with Crippen LogP contribution in [0.15, 0.2) is 48.5 Å². The molecule has 3 heteroatoms. The van der Waals surface area contributed by atoms with E-state index in [4.69, 9.17) is 5.73 Å². The number of rotatable bonds is 3. The minimum Gasteiger partial charge on any atom is -0.397 e. The fourth-order valence-electron chi connectivity index (χ4n) is 2.50. The van der Waals surface area contributed by atoms with Crippen molar-refractivity contribution in [2.45, 2.75) is 12.8 Å². The van der Waals surface area contributed by atoms with E-state index in [0.29, 0.717) is 0 Å². The van der Waals surface area contributed by atoms with Crippen LogP contribution < -0.4 is 16.0 Å². The van der Waals surface area contributed by atoms with Gasteiger partial charge >= 0.3 is 0 Å². The van der Waals surface area contributed by atoms with E-state index >= 15 is 0 Å². The van der Waals surface area contributed by atoms with Gasteiger partial charge in [0.2, 0.25) is 0 Å². The first-order valence-corrected chi connectivity index (χ1v) is 6.79. The van der Waals surface area contributed by atoms with Gasteiger partial charge in [0, 0.05) is 24.5 Å². The average Bonchev–Trinajstić information content (AvgIpc) is 2.96. The predicted molar refractivity (Wildman–Crippen MR) is 82.0 cm³/mol. The van der Waals surface area contributed by atoms with Gasteiger partial charge in [-0.2, -0.15) is 0 Å². The number of anilines is 4. The van der Waals surface area contributed by atoms with E-state index < -0.39 is 0 Å². The lowest BCUT2D eigenvalue weighted by Crippen LogP contribution is -2.17. The maximum absolute atomic E-state index is 5.93. The van der Waals surface area contributed by atoms with Gasteiger partial charge in [-0.05, 0) is 49.2 Å². The summed E-state index contributed by atoms with van der Waals surface area (Å²) in [5, 5.41) is 3.35. The van der Waals surface area contributed by atoms with Crippen molar-refractivity contribution in [3.05, 3.63) is 48.5 Å². The molecule has 0 atom stereocenters. The number of hydrogen-bond donors (Lipinski definition) is 2. The summed E-state index contributed by atoms with van der Waals surface area (Å²) in [6.45, 7) is 2.36. The van der Waals surface area contributed by atoms with Gasteiger partial charge in [0.1, 0.15) is 0 Å². The van der Waals surface area contributed by atoms with Crippen molar-refractivity contribution >= 4 is 22.7 Å². The molecule has 2 aromatic rings. The predicted octanol–water partition coefficient (Wildman–Crippen LogP) is 3.61. The summed E-state index contributed by atoms with van der Waals surface area (Å²) >= 11 is 0. The van der Waals surface area contributed by atoms with Crippen LogP contribution in [0.5, 0.6) is 0 Å². The molecular weight excluding hydrogens is 234 g/mol. The summed E-state index contributed by atoms with van der Waals surface area (Å²) in [5.74, 6) is 0. The van der Waals surface area contributed by atoms with Gasteiger partial charge in [-0.25, -0.2) is 0 Å². The normalized spacial score (nSPS) is 14.6. The first-order chi connectivity index (χ1) is 9.33. The molecule has 1 fully saturated rings. The molecule has 0 aromatic heterocycles. The van der Waals surface area contributed by atoms with E-state index in [9.17, 15) is 0 Å². The zero-order valence-electron chi connectivity index (χ0n) is 11.0. The monoisotopic (exact) mass is 253 g/mol. The third kappa shape index (κ3) is 2.65. The number of nitrogens with zero attached hydrogens (tertiary/aromatic N) is 1. The van der Waals surface area contributed by atoms with E-state index in [1.54, 1.807) is 0 Å². The number of benzene rings is 2. The molecule has 19 heavy (non-hydrogen) atoms. The van der Waals surface area contributed by atoms with Crippen molar-refractivity contribution in [2.75, 3.05) is 29.0 Å². The molecule has 2 aromatic carbocycles. The van der Waals surface area contributed by atoms with Gasteiger partial charge in [0.05, 0.1) is 11.4 Å². The second-order valence-electron chi connectivity index (χ2n) is 4.95. The fraction of sp³-hybridized carbons (Fsp3) is 0.250. The number of para-hydroxylation sites is 2. The Labute approximate surface area is 114 Å². The average molecular weight is 253 g/mol. The molecule has 0 saturated carbocycles. The number of nitrogen functional groups attached to an aromatic ring is 1. The standard InChI is InChI=1S/C16H19N3/c17-15-5-1-2-6-16(15)18-13-7-9-14(10-8-13)19-11-3-4-12-19/h1-2,5-10,18H,3-4,11-12,17H2. The Bertz CT molecular complexity index is 542. The van der Waals surface area contributed by atoms with E-state index in [-0.39, 0.29) is 0 Å². The molecule has 0 unspecified atom stereocenters. The van der Waals surface area contributed by atoms with Gasteiger partial charge in [-0.15, -0.1) is 0 Å². The highest BCUT2D eigenvalue weighted by atomic mass is 15.1. The molecule has 98 valence electrons. The second kappa shape index (κ2) is 5.22. The SMILES string of the molecule is Nc1ccccc1Nc1ccc(N2CCCC2)cc1. The van der Waals surface area contributed by atoms with Crippen molar-refractivity contribution in [2.24, 2.45) is 0 Å². The van der Waals surface area contributed by atoms with E-state index in [0.717, 1.165) is 17.1 Å². The largest absolute Gasteiger partial charge is 0.397 e. The van der Waals surface area contributed by atoms with Crippen molar-refractivity contribution in [3.8, 4) is 0 Å². The van der Waals surface area contributed by atoms with Crippen LogP contribution >= 0.6 is 0 Å². The Morgan fingerprint density at radius 2 is 1.58 bits per heavy atom. The first-order valence-electron chi connectivity index (χ1n) is 6.79. The Kier molecular flexibility index (Phi) is 3.27. The van der Waals surface area contributed by atoms with E-state index in [1.807, 2.05) is 24.3 Å². The van der Waals surface area contributed by atoms with Crippen molar-refractivity contribution < 1.29 is 0 Å². The van der Waals surface area contributed by atoms with Crippen LogP contribution in [-0.2, 0) is 0 Å². The summed E-state index contributed by atoms with van der Waals surface area (Å²) in [7, 11) is 0. The second-order valence-corrected chi connectivity index (χ2v) is 4.95. The van der Waals surface area contributed by atoms with E-state index in [1.165, 1.54) is 31.6 Å². The molecule has 1 aliphatic rings. The molecule has 1 heterocycles. The van der Waals surface area contributed by atoms with Crippen molar-refractivity contribution in [1.82, 2.24) is 0 Å². The highest BCUT2D eigenvalue weighted by Crippen LogP contribution is 2.26. The van der Waals surface area contributed by atoms with Crippen LogP contribution in [-0.4, -0.2) is 13.1 Å². The summed E-state index contributed by atoms with van der Waals surface area (Å²) < 4.78 is 0. The molecule has 0 radical (unpaired) electrons. The Hall–Kier alpha value is -2.16. The molecule has 0 bridgehead atoms. The van der Waals surface area contributed by atoms with Crippen LogP contribution in [0.25, 0.3) is 0 Å². The molecular formula is C16H19N3. The lowest BCUT2D eigenvalue weighted by molar-refractivity contribution is 0.949. The maximum Gasteiger partial charge on any atom is 0.0617 e. The molecule has 0 amide bonds. The van der Waals surface area contributed by atoms with Gasteiger partial charge in [-0.3, -0.25) is 0 Å². The number of nitrogens with one attached hydrogen (secondary N) is 1. The van der Waals surface area contributed by atoms with Gasteiger partial charge < -0.3 is 16.0 Å². The summed E-state index contributed by atoms with van der Waals surface area (Å²) in [5.41, 5.74) is 10.0.